The summed E-state index contributed by atoms with van der Waals surface area (Å²) in [6, 6.07) is 14.3. The van der Waals surface area contributed by atoms with E-state index >= 15 is 0 Å². The monoisotopic (exact) mass is 344 g/mol. The van der Waals surface area contributed by atoms with Gasteiger partial charge in [0.2, 0.25) is 11.8 Å². The van der Waals surface area contributed by atoms with E-state index < -0.39 is 5.41 Å². The van der Waals surface area contributed by atoms with Gasteiger partial charge < -0.3 is 10.6 Å². The molecule has 2 amide bonds. The third-order valence-corrected chi connectivity index (χ3v) is 4.14. The molecule has 0 bridgehead atoms. The highest BCUT2D eigenvalue weighted by atomic mass is 35.5. The average molecular weight is 345 g/mol. The molecule has 2 aromatic carbocycles. The minimum atomic E-state index is -1.22. The summed E-state index contributed by atoms with van der Waals surface area (Å²) in [5, 5.41) is 6.19. The van der Waals surface area contributed by atoms with Crippen LogP contribution in [-0.4, -0.2) is 11.8 Å². The third kappa shape index (κ3) is 4.15. The summed E-state index contributed by atoms with van der Waals surface area (Å²) in [7, 11) is 0. The Hall–Kier alpha value is -2.33. The van der Waals surface area contributed by atoms with Gasteiger partial charge in [-0.15, -0.1) is 0 Å². The van der Waals surface area contributed by atoms with E-state index in [1.165, 1.54) is 0 Å². The Morgan fingerprint density at radius 1 is 0.958 bits per heavy atom. The van der Waals surface area contributed by atoms with Crippen LogP contribution in [0.2, 0.25) is 5.02 Å². The van der Waals surface area contributed by atoms with Gasteiger partial charge in [0.1, 0.15) is 5.41 Å². The zero-order chi connectivity index (χ0) is 17.7. The Balaban J connectivity index is 2.11. The van der Waals surface area contributed by atoms with Gasteiger partial charge in [0, 0.05) is 16.4 Å². The van der Waals surface area contributed by atoms with Crippen molar-refractivity contribution in [2.45, 2.75) is 27.2 Å². The molecule has 24 heavy (non-hydrogen) atoms. The van der Waals surface area contributed by atoms with E-state index in [9.17, 15) is 9.59 Å². The normalized spacial score (nSPS) is 11.0. The number of hydrogen-bond acceptors (Lipinski definition) is 2. The van der Waals surface area contributed by atoms with Crippen molar-refractivity contribution in [3.05, 3.63) is 59.1 Å². The Kier molecular flexibility index (Phi) is 5.62. The van der Waals surface area contributed by atoms with Crippen LogP contribution in [0.15, 0.2) is 48.5 Å². The van der Waals surface area contributed by atoms with Gasteiger partial charge in [-0.1, -0.05) is 36.7 Å². The van der Waals surface area contributed by atoms with Gasteiger partial charge in [0.05, 0.1) is 0 Å². The zero-order valence-electron chi connectivity index (χ0n) is 14.0. The number of halogens is 1. The van der Waals surface area contributed by atoms with Gasteiger partial charge in [-0.05, 0) is 56.2 Å². The Morgan fingerprint density at radius 3 is 2.17 bits per heavy atom. The first-order valence-electron chi connectivity index (χ1n) is 7.81. The molecule has 4 nitrogen and oxygen atoms in total. The second-order valence-corrected chi connectivity index (χ2v) is 6.49. The maximum atomic E-state index is 12.6. The van der Waals surface area contributed by atoms with E-state index in [1.54, 1.807) is 38.1 Å². The largest absolute Gasteiger partial charge is 0.325 e. The first-order valence-corrected chi connectivity index (χ1v) is 8.18. The smallest absolute Gasteiger partial charge is 0.239 e. The molecule has 0 fully saturated rings. The molecule has 0 unspecified atom stereocenters. The van der Waals surface area contributed by atoms with Crippen LogP contribution in [0.4, 0.5) is 11.4 Å². The van der Waals surface area contributed by atoms with E-state index in [2.05, 4.69) is 10.6 Å². The fourth-order valence-corrected chi connectivity index (χ4v) is 2.28. The predicted molar refractivity (Wildman–Crippen MR) is 98.3 cm³/mol. The van der Waals surface area contributed by atoms with Crippen molar-refractivity contribution in [2.75, 3.05) is 10.6 Å². The highest BCUT2D eigenvalue weighted by molar-refractivity contribution is 6.30. The van der Waals surface area contributed by atoms with Gasteiger partial charge in [0.15, 0.2) is 0 Å². The Morgan fingerprint density at radius 2 is 1.54 bits per heavy atom. The second kappa shape index (κ2) is 7.49. The maximum Gasteiger partial charge on any atom is 0.239 e. The summed E-state index contributed by atoms with van der Waals surface area (Å²) in [4.78, 5) is 25.1. The van der Waals surface area contributed by atoms with E-state index in [4.69, 9.17) is 11.6 Å². The molecule has 0 aromatic heterocycles. The van der Waals surface area contributed by atoms with Gasteiger partial charge in [-0.3, -0.25) is 9.59 Å². The van der Waals surface area contributed by atoms with Crippen molar-refractivity contribution in [2.24, 2.45) is 5.41 Å². The van der Waals surface area contributed by atoms with Crippen LogP contribution in [0.25, 0.3) is 0 Å². The number of carbonyl (C=O) groups is 2. The lowest BCUT2D eigenvalue weighted by Gasteiger charge is -2.23. The molecule has 2 N–H and O–H groups in total. The zero-order valence-corrected chi connectivity index (χ0v) is 14.8. The number of anilines is 2. The van der Waals surface area contributed by atoms with Crippen LogP contribution >= 0.6 is 11.6 Å². The quantitative estimate of drug-likeness (QED) is 0.784. The van der Waals surface area contributed by atoms with Crippen molar-refractivity contribution in [1.82, 2.24) is 0 Å². The van der Waals surface area contributed by atoms with Crippen molar-refractivity contribution >= 4 is 34.8 Å². The van der Waals surface area contributed by atoms with Crippen molar-refractivity contribution in [1.29, 1.82) is 0 Å². The predicted octanol–water partition coefficient (Wildman–Crippen LogP) is 4.51. The third-order valence-electron chi connectivity index (χ3n) is 3.88. The van der Waals surface area contributed by atoms with Crippen LogP contribution in [0.3, 0.4) is 0 Å². The van der Waals surface area contributed by atoms with E-state index in [-0.39, 0.29) is 11.8 Å². The second-order valence-electron chi connectivity index (χ2n) is 6.05. The van der Waals surface area contributed by atoms with E-state index in [1.807, 2.05) is 31.2 Å². The van der Waals surface area contributed by atoms with Crippen molar-refractivity contribution < 1.29 is 9.59 Å². The molecule has 0 radical (unpaired) electrons. The van der Waals surface area contributed by atoms with Gasteiger partial charge in [0.25, 0.3) is 0 Å². The average Bonchev–Trinajstić information content (AvgIpc) is 2.57. The SMILES string of the molecule is CCc1ccccc1NC(=O)C(C)(C)C(=O)Nc1ccc(Cl)cc1. The number of hydrogen-bond donors (Lipinski definition) is 2. The first kappa shape index (κ1) is 18.0. The van der Waals surface area contributed by atoms with Gasteiger partial charge in [-0.25, -0.2) is 0 Å². The highest BCUT2D eigenvalue weighted by Crippen LogP contribution is 2.24. The fraction of sp³-hybridized carbons (Fsp3) is 0.263. The lowest BCUT2D eigenvalue weighted by atomic mass is 9.90. The van der Waals surface area contributed by atoms with E-state index in [0.29, 0.717) is 10.7 Å². The van der Waals surface area contributed by atoms with Crippen LogP contribution < -0.4 is 10.6 Å². The number of rotatable bonds is 5. The molecule has 0 saturated carbocycles. The fourth-order valence-electron chi connectivity index (χ4n) is 2.15. The summed E-state index contributed by atoms with van der Waals surface area (Å²) in [5.41, 5.74) is 1.14. The van der Waals surface area contributed by atoms with Crippen LogP contribution in [0.5, 0.6) is 0 Å². The maximum absolute atomic E-state index is 12.6. The highest BCUT2D eigenvalue weighted by Gasteiger charge is 2.36. The molecule has 0 heterocycles. The lowest BCUT2D eigenvalue weighted by Crippen LogP contribution is -2.41. The summed E-state index contributed by atoms with van der Waals surface area (Å²) in [6.07, 6.45) is 0.799. The van der Waals surface area contributed by atoms with E-state index in [0.717, 1.165) is 17.7 Å². The summed E-state index contributed by atoms with van der Waals surface area (Å²) in [5.74, 6) is -0.730. The molecule has 0 aliphatic heterocycles. The molecular weight excluding hydrogens is 324 g/mol. The summed E-state index contributed by atoms with van der Waals surface area (Å²) >= 11 is 5.83. The Bertz CT molecular complexity index is 739. The number of nitrogens with one attached hydrogen (secondary N) is 2. The lowest BCUT2D eigenvalue weighted by molar-refractivity contribution is -0.135. The molecule has 0 aliphatic carbocycles. The molecular formula is C19H21ClN2O2. The number of para-hydroxylation sites is 1. The van der Waals surface area contributed by atoms with Crippen LogP contribution in [0.1, 0.15) is 26.3 Å². The van der Waals surface area contributed by atoms with Crippen molar-refractivity contribution in [3.8, 4) is 0 Å². The van der Waals surface area contributed by atoms with Crippen LogP contribution in [-0.2, 0) is 16.0 Å². The van der Waals surface area contributed by atoms with Gasteiger partial charge in [-0.2, -0.15) is 0 Å². The molecule has 0 saturated heterocycles. The number of carbonyl (C=O) groups excluding carboxylic acids is 2. The molecule has 126 valence electrons. The minimum absolute atomic E-state index is 0.352. The Labute approximate surface area is 147 Å². The first-order chi connectivity index (χ1) is 11.3. The molecule has 5 heteroatoms. The minimum Gasteiger partial charge on any atom is -0.325 e. The number of amides is 2. The number of benzene rings is 2. The molecule has 0 spiro atoms. The number of aryl methyl sites for hydroxylation is 1. The molecule has 2 rings (SSSR count). The molecule has 2 aromatic rings. The summed E-state index contributed by atoms with van der Waals surface area (Å²) in [6.45, 7) is 5.22. The van der Waals surface area contributed by atoms with Gasteiger partial charge >= 0.3 is 0 Å². The van der Waals surface area contributed by atoms with Crippen molar-refractivity contribution in [3.63, 3.8) is 0 Å². The van der Waals surface area contributed by atoms with Crippen LogP contribution in [0, 0.1) is 5.41 Å². The standard InChI is InChI=1S/C19H21ClN2O2/c1-4-13-7-5-6-8-16(13)22-18(24)19(2,3)17(23)21-15-11-9-14(20)10-12-15/h5-12H,4H2,1-3H3,(H,21,23)(H,22,24). The topological polar surface area (TPSA) is 58.2 Å². The molecule has 0 atom stereocenters. The summed E-state index contributed by atoms with van der Waals surface area (Å²) < 4.78 is 0. The molecule has 0 aliphatic rings.